The maximum absolute atomic E-state index is 12.3. The lowest BCUT2D eigenvalue weighted by molar-refractivity contribution is -0.125. The first-order valence-electron chi connectivity index (χ1n) is 7.08. The van der Waals surface area contributed by atoms with Gasteiger partial charge in [0.15, 0.2) is 0 Å². The van der Waals surface area contributed by atoms with Gasteiger partial charge in [-0.1, -0.05) is 44.2 Å². The van der Waals surface area contributed by atoms with E-state index in [9.17, 15) is 4.79 Å². The van der Waals surface area contributed by atoms with Gasteiger partial charge in [0.05, 0.1) is 5.41 Å². The molecule has 0 fully saturated rings. The van der Waals surface area contributed by atoms with Crippen molar-refractivity contribution in [2.75, 3.05) is 26.2 Å². The van der Waals surface area contributed by atoms with Crippen LogP contribution >= 0.6 is 0 Å². The van der Waals surface area contributed by atoms with Gasteiger partial charge in [-0.15, -0.1) is 0 Å². The lowest BCUT2D eigenvalue weighted by Gasteiger charge is -2.25. The first-order chi connectivity index (χ1) is 9.02. The van der Waals surface area contributed by atoms with E-state index in [1.165, 1.54) is 0 Å². The van der Waals surface area contributed by atoms with E-state index in [0.29, 0.717) is 6.54 Å². The van der Waals surface area contributed by atoms with Gasteiger partial charge < -0.3 is 10.2 Å². The SMILES string of the molecule is CCN(CC)CCNC(=O)C(C)(C)c1ccccc1. The molecule has 1 N–H and O–H groups in total. The second-order valence-corrected chi connectivity index (χ2v) is 5.27. The summed E-state index contributed by atoms with van der Waals surface area (Å²) in [5, 5.41) is 3.04. The normalized spacial score (nSPS) is 11.6. The Morgan fingerprint density at radius 2 is 1.74 bits per heavy atom. The van der Waals surface area contributed by atoms with Crippen molar-refractivity contribution in [3.63, 3.8) is 0 Å². The third-order valence-corrected chi connectivity index (χ3v) is 3.67. The molecule has 19 heavy (non-hydrogen) atoms. The number of likely N-dealkylation sites (N-methyl/N-ethyl adjacent to an activating group) is 1. The van der Waals surface area contributed by atoms with Crippen molar-refractivity contribution in [1.82, 2.24) is 10.2 Å². The molecule has 0 atom stereocenters. The fourth-order valence-electron chi connectivity index (χ4n) is 2.07. The molecule has 0 aliphatic carbocycles. The average molecular weight is 262 g/mol. The third-order valence-electron chi connectivity index (χ3n) is 3.67. The van der Waals surface area contributed by atoms with Crippen LogP contribution in [0.3, 0.4) is 0 Å². The van der Waals surface area contributed by atoms with Crippen molar-refractivity contribution < 1.29 is 4.79 Å². The van der Waals surface area contributed by atoms with Gasteiger partial charge in [0, 0.05) is 13.1 Å². The summed E-state index contributed by atoms with van der Waals surface area (Å²) >= 11 is 0. The number of hydrogen-bond donors (Lipinski definition) is 1. The van der Waals surface area contributed by atoms with Crippen molar-refractivity contribution in [3.05, 3.63) is 35.9 Å². The highest BCUT2D eigenvalue weighted by Crippen LogP contribution is 2.22. The molecule has 1 rings (SSSR count). The molecule has 0 aliphatic heterocycles. The van der Waals surface area contributed by atoms with E-state index < -0.39 is 5.41 Å². The lowest BCUT2D eigenvalue weighted by atomic mass is 9.84. The van der Waals surface area contributed by atoms with Crippen molar-refractivity contribution in [2.24, 2.45) is 0 Å². The zero-order valence-corrected chi connectivity index (χ0v) is 12.6. The molecule has 1 amide bonds. The van der Waals surface area contributed by atoms with E-state index in [4.69, 9.17) is 0 Å². The highest BCUT2D eigenvalue weighted by Gasteiger charge is 2.29. The van der Waals surface area contributed by atoms with E-state index in [-0.39, 0.29) is 5.91 Å². The number of carbonyl (C=O) groups is 1. The predicted octanol–water partition coefficient (Wildman–Crippen LogP) is 2.42. The topological polar surface area (TPSA) is 32.3 Å². The number of rotatable bonds is 7. The molecule has 0 aromatic heterocycles. The van der Waals surface area contributed by atoms with Gasteiger partial charge in [-0.3, -0.25) is 4.79 Å². The molecule has 0 spiro atoms. The molecule has 106 valence electrons. The third kappa shape index (κ3) is 4.35. The van der Waals surface area contributed by atoms with Crippen LogP contribution in [0.4, 0.5) is 0 Å². The van der Waals surface area contributed by atoms with Gasteiger partial charge in [-0.25, -0.2) is 0 Å². The Balaban J connectivity index is 2.53. The number of amides is 1. The van der Waals surface area contributed by atoms with E-state index in [1.54, 1.807) is 0 Å². The molecule has 1 aromatic rings. The van der Waals surface area contributed by atoms with E-state index in [1.807, 2.05) is 44.2 Å². The van der Waals surface area contributed by atoms with E-state index in [2.05, 4.69) is 24.1 Å². The minimum atomic E-state index is -0.482. The van der Waals surface area contributed by atoms with Crippen LogP contribution in [0.2, 0.25) is 0 Å². The molecule has 0 saturated heterocycles. The summed E-state index contributed by atoms with van der Waals surface area (Å²) < 4.78 is 0. The number of nitrogens with one attached hydrogen (secondary N) is 1. The Morgan fingerprint density at radius 3 is 2.26 bits per heavy atom. The Morgan fingerprint density at radius 1 is 1.16 bits per heavy atom. The van der Waals surface area contributed by atoms with Crippen LogP contribution in [0.1, 0.15) is 33.3 Å². The van der Waals surface area contributed by atoms with Crippen LogP contribution in [0.15, 0.2) is 30.3 Å². The molecule has 0 heterocycles. The molecule has 1 aromatic carbocycles. The van der Waals surface area contributed by atoms with E-state index in [0.717, 1.165) is 25.2 Å². The maximum atomic E-state index is 12.3. The summed E-state index contributed by atoms with van der Waals surface area (Å²) in [7, 11) is 0. The molecule has 0 unspecified atom stereocenters. The summed E-state index contributed by atoms with van der Waals surface area (Å²) in [6, 6.07) is 9.92. The van der Waals surface area contributed by atoms with Crippen molar-refractivity contribution in [3.8, 4) is 0 Å². The average Bonchev–Trinajstić information content (AvgIpc) is 2.44. The van der Waals surface area contributed by atoms with Gasteiger partial charge >= 0.3 is 0 Å². The second kappa shape index (κ2) is 7.29. The van der Waals surface area contributed by atoms with Gasteiger partial charge in [-0.2, -0.15) is 0 Å². The Bertz CT molecular complexity index is 383. The largest absolute Gasteiger partial charge is 0.354 e. The van der Waals surface area contributed by atoms with Crippen molar-refractivity contribution in [2.45, 2.75) is 33.1 Å². The van der Waals surface area contributed by atoms with Crippen LogP contribution < -0.4 is 5.32 Å². The Kier molecular flexibility index (Phi) is 6.03. The van der Waals surface area contributed by atoms with Crippen LogP contribution in [0, 0.1) is 0 Å². The van der Waals surface area contributed by atoms with E-state index >= 15 is 0 Å². The minimum Gasteiger partial charge on any atom is -0.354 e. The van der Waals surface area contributed by atoms with Gasteiger partial charge in [0.1, 0.15) is 0 Å². The number of carbonyl (C=O) groups excluding carboxylic acids is 1. The quantitative estimate of drug-likeness (QED) is 0.818. The lowest BCUT2D eigenvalue weighted by Crippen LogP contribution is -2.43. The molecule has 0 radical (unpaired) electrons. The number of hydrogen-bond acceptors (Lipinski definition) is 2. The van der Waals surface area contributed by atoms with Crippen LogP contribution in [-0.2, 0) is 10.2 Å². The second-order valence-electron chi connectivity index (χ2n) is 5.27. The van der Waals surface area contributed by atoms with Crippen molar-refractivity contribution >= 4 is 5.91 Å². The van der Waals surface area contributed by atoms with Gasteiger partial charge in [0.25, 0.3) is 0 Å². The zero-order chi connectivity index (χ0) is 14.3. The zero-order valence-electron chi connectivity index (χ0n) is 12.6. The molecule has 3 nitrogen and oxygen atoms in total. The van der Waals surface area contributed by atoms with Crippen LogP contribution in [0.5, 0.6) is 0 Å². The first kappa shape index (κ1) is 15.7. The predicted molar refractivity (Wildman–Crippen MR) is 80.3 cm³/mol. The highest BCUT2D eigenvalue weighted by molar-refractivity contribution is 5.87. The minimum absolute atomic E-state index is 0.0888. The van der Waals surface area contributed by atoms with Gasteiger partial charge in [0.2, 0.25) is 5.91 Å². The summed E-state index contributed by atoms with van der Waals surface area (Å²) in [6.07, 6.45) is 0. The molecular weight excluding hydrogens is 236 g/mol. The molecule has 3 heteroatoms. The Hall–Kier alpha value is -1.35. The summed E-state index contributed by atoms with van der Waals surface area (Å²) in [5.74, 6) is 0.0888. The van der Waals surface area contributed by atoms with Gasteiger partial charge in [-0.05, 0) is 32.5 Å². The first-order valence-corrected chi connectivity index (χ1v) is 7.08. The van der Waals surface area contributed by atoms with Crippen molar-refractivity contribution in [1.29, 1.82) is 0 Å². The highest BCUT2D eigenvalue weighted by atomic mass is 16.2. The molecule has 0 saturated carbocycles. The standard InChI is InChI=1S/C16H26N2O/c1-5-18(6-2)13-12-17-15(19)16(3,4)14-10-8-7-9-11-14/h7-11H,5-6,12-13H2,1-4H3,(H,17,19). The molecule has 0 bridgehead atoms. The maximum Gasteiger partial charge on any atom is 0.230 e. The summed E-state index contributed by atoms with van der Waals surface area (Å²) in [5.41, 5.74) is 0.570. The number of nitrogens with zero attached hydrogens (tertiary/aromatic N) is 1. The smallest absolute Gasteiger partial charge is 0.230 e. The summed E-state index contributed by atoms with van der Waals surface area (Å²) in [6.45, 7) is 11.9. The van der Waals surface area contributed by atoms with Crippen LogP contribution in [0.25, 0.3) is 0 Å². The Labute approximate surface area is 117 Å². The fraction of sp³-hybridized carbons (Fsp3) is 0.562. The van der Waals surface area contributed by atoms with Crippen LogP contribution in [-0.4, -0.2) is 37.0 Å². The monoisotopic (exact) mass is 262 g/mol. The molecule has 0 aliphatic rings. The molecular formula is C16H26N2O. The summed E-state index contributed by atoms with van der Waals surface area (Å²) in [4.78, 5) is 14.6. The number of benzene rings is 1. The fourth-order valence-corrected chi connectivity index (χ4v) is 2.07.